The number of hydrogen-bond donors (Lipinski definition) is 1. The molecule has 2 bridgehead atoms. The van der Waals surface area contributed by atoms with Crippen LogP contribution in [0.3, 0.4) is 0 Å². The molecule has 2 N–H and O–H groups in total. The molecule has 0 amide bonds. The van der Waals surface area contributed by atoms with Crippen molar-refractivity contribution < 1.29 is 13.7 Å². The van der Waals surface area contributed by atoms with Crippen molar-refractivity contribution in [2.24, 2.45) is 23.7 Å². The molecule has 5 atom stereocenters. The van der Waals surface area contributed by atoms with E-state index in [1.54, 1.807) is 12.1 Å². The Balaban J connectivity index is 1.37. The van der Waals surface area contributed by atoms with Crippen LogP contribution in [-0.4, -0.2) is 31.9 Å². The summed E-state index contributed by atoms with van der Waals surface area (Å²) in [5.41, 5.74) is 1.23. The van der Waals surface area contributed by atoms with Gasteiger partial charge in [0.05, 0.1) is 10.9 Å². The van der Waals surface area contributed by atoms with Gasteiger partial charge in [-0.2, -0.15) is 4.31 Å². The molecule has 26 heavy (non-hydrogen) atoms. The lowest BCUT2D eigenvalue weighted by Gasteiger charge is -2.30. The first-order valence-corrected chi connectivity index (χ1v) is 11.9. The number of benzene rings is 1. The van der Waals surface area contributed by atoms with Gasteiger partial charge >= 0.3 is 0 Å². The Morgan fingerprint density at radius 2 is 1.69 bits per heavy atom. The Kier molecular flexibility index (Phi) is 5.15. The first-order chi connectivity index (χ1) is 12.5. The first-order valence-electron chi connectivity index (χ1n) is 10.5. The molecule has 0 aliphatic heterocycles. The molecule has 0 heterocycles. The second-order valence-electron chi connectivity index (χ2n) is 8.49. The van der Waals surface area contributed by atoms with E-state index in [9.17, 15) is 8.42 Å². The van der Waals surface area contributed by atoms with Gasteiger partial charge in [0.15, 0.2) is 0 Å². The number of rotatable bonds is 7. The normalized spacial score (nSPS) is 33.1. The maximum Gasteiger partial charge on any atom is 0.243 e. The minimum absolute atomic E-state index is 0.415. The van der Waals surface area contributed by atoms with Gasteiger partial charge < -0.3 is 5.32 Å². The van der Waals surface area contributed by atoms with Crippen LogP contribution in [0.5, 0.6) is 0 Å². The predicted octanol–water partition coefficient (Wildman–Crippen LogP) is 2.61. The van der Waals surface area contributed by atoms with Crippen LogP contribution in [0, 0.1) is 23.7 Å². The topological polar surface area (TPSA) is 54.0 Å². The smallest absolute Gasteiger partial charge is 0.243 e. The van der Waals surface area contributed by atoms with Crippen LogP contribution in [0.1, 0.15) is 51.5 Å². The number of fused-ring (bicyclic) bond motifs is 5. The average Bonchev–Trinajstić information content (AvgIpc) is 3.34. The van der Waals surface area contributed by atoms with E-state index >= 15 is 0 Å². The van der Waals surface area contributed by atoms with Crippen LogP contribution in [0.2, 0.25) is 0 Å². The van der Waals surface area contributed by atoms with E-state index in [1.165, 1.54) is 42.0 Å². The van der Waals surface area contributed by atoms with E-state index in [2.05, 4.69) is 5.32 Å². The molecule has 3 aliphatic rings. The van der Waals surface area contributed by atoms with Crippen LogP contribution >= 0.6 is 0 Å². The zero-order valence-electron chi connectivity index (χ0n) is 16.1. The van der Waals surface area contributed by atoms with Crippen LogP contribution in [0.4, 0.5) is 0 Å². The molecule has 3 saturated carbocycles. The maximum absolute atomic E-state index is 12.6. The zero-order valence-corrected chi connectivity index (χ0v) is 16.9. The number of sulfonamides is 1. The molecule has 4 rings (SSSR count). The number of quaternary nitrogens is 1. The largest absolute Gasteiger partial charge is 0.340 e. The van der Waals surface area contributed by atoms with Gasteiger partial charge in [0.25, 0.3) is 0 Å². The van der Waals surface area contributed by atoms with E-state index in [0.29, 0.717) is 18.0 Å². The molecular weight excluding hydrogens is 344 g/mol. The van der Waals surface area contributed by atoms with Gasteiger partial charge in [0.2, 0.25) is 10.0 Å². The van der Waals surface area contributed by atoms with Crippen molar-refractivity contribution in [1.29, 1.82) is 0 Å². The SMILES string of the molecule is CCN(CC)S(=O)(=O)c1ccc(C[NH2+][C@@H]2C[C@H]3C[C@@H]2[C@H]2CCC[C@H]32)cc1. The quantitative estimate of drug-likeness (QED) is 0.794. The molecular formula is C21H33N2O2S+. The van der Waals surface area contributed by atoms with Gasteiger partial charge in [-0.05, 0) is 49.1 Å². The average molecular weight is 378 g/mol. The third-order valence-electron chi connectivity index (χ3n) is 7.40. The second-order valence-corrected chi connectivity index (χ2v) is 10.4. The van der Waals surface area contributed by atoms with Crippen molar-refractivity contribution in [3.05, 3.63) is 29.8 Å². The monoisotopic (exact) mass is 377 g/mol. The van der Waals surface area contributed by atoms with Crippen molar-refractivity contribution in [3.8, 4) is 0 Å². The van der Waals surface area contributed by atoms with Crippen molar-refractivity contribution in [2.45, 2.75) is 63.4 Å². The summed E-state index contributed by atoms with van der Waals surface area (Å²) in [5, 5.41) is 2.53. The van der Waals surface area contributed by atoms with Gasteiger partial charge in [-0.3, -0.25) is 0 Å². The Morgan fingerprint density at radius 3 is 2.38 bits per heavy atom. The molecule has 3 aliphatic carbocycles. The predicted molar refractivity (Wildman–Crippen MR) is 103 cm³/mol. The molecule has 1 aromatic carbocycles. The van der Waals surface area contributed by atoms with Crippen LogP contribution in [0.25, 0.3) is 0 Å². The highest BCUT2D eigenvalue weighted by atomic mass is 32.2. The highest BCUT2D eigenvalue weighted by Crippen LogP contribution is 2.57. The Morgan fingerprint density at radius 1 is 1.00 bits per heavy atom. The minimum atomic E-state index is -3.34. The molecule has 3 fully saturated rings. The lowest BCUT2D eigenvalue weighted by Crippen LogP contribution is -2.90. The summed E-state index contributed by atoms with van der Waals surface area (Å²) in [4.78, 5) is 0.415. The van der Waals surface area contributed by atoms with E-state index in [0.717, 1.165) is 36.3 Å². The third kappa shape index (κ3) is 3.12. The van der Waals surface area contributed by atoms with Crippen molar-refractivity contribution in [3.63, 3.8) is 0 Å². The molecule has 1 aromatic rings. The van der Waals surface area contributed by atoms with Gasteiger partial charge in [0, 0.05) is 31.0 Å². The Hall–Kier alpha value is -0.910. The number of nitrogens with two attached hydrogens (primary N) is 1. The van der Waals surface area contributed by atoms with Crippen LogP contribution < -0.4 is 5.32 Å². The lowest BCUT2D eigenvalue weighted by atomic mass is 9.79. The molecule has 0 spiro atoms. The van der Waals surface area contributed by atoms with E-state index in [-0.39, 0.29) is 0 Å². The molecule has 0 unspecified atom stereocenters. The fourth-order valence-electron chi connectivity index (χ4n) is 6.19. The summed E-state index contributed by atoms with van der Waals surface area (Å²) in [7, 11) is -3.34. The highest BCUT2D eigenvalue weighted by Gasteiger charge is 2.55. The Labute approximate surface area is 158 Å². The fourth-order valence-corrected chi connectivity index (χ4v) is 7.65. The van der Waals surface area contributed by atoms with E-state index in [1.807, 2.05) is 26.0 Å². The lowest BCUT2D eigenvalue weighted by molar-refractivity contribution is -0.711. The number of hydrogen-bond acceptors (Lipinski definition) is 2. The molecule has 0 aromatic heterocycles. The standard InChI is InChI=1S/C21H32N2O2S/c1-3-23(4-2)26(24,25)17-10-8-15(9-11-17)14-22-21-13-16-12-20(21)19-7-5-6-18(16)19/h8-11,16,18-22H,3-7,12-14H2,1-2H3/p+1/t16-,18-,19+,20-,21-/m1/s1. The molecule has 5 heteroatoms. The summed E-state index contributed by atoms with van der Waals surface area (Å²) >= 11 is 0. The van der Waals surface area contributed by atoms with Gasteiger partial charge in [-0.1, -0.05) is 32.4 Å². The number of nitrogens with zero attached hydrogens (tertiary/aromatic N) is 1. The summed E-state index contributed by atoms with van der Waals surface area (Å²) in [6.45, 7) is 5.77. The summed E-state index contributed by atoms with van der Waals surface area (Å²) in [6.07, 6.45) is 7.28. The first kappa shape index (κ1) is 18.5. The van der Waals surface area contributed by atoms with E-state index < -0.39 is 10.0 Å². The molecule has 144 valence electrons. The van der Waals surface area contributed by atoms with Gasteiger partial charge in [0.1, 0.15) is 6.54 Å². The maximum atomic E-state index is 12.6. The second kappa shape index (κ2) is 7.25. The molecule has 4 nitrogen and oxygen atoms in total. The van der Waals surface area contributed by atoms with Gasteiger partial charge in [-0.25, -0.2) is 8.42 Å². The Bertz CT molecular complexity index is 727. The minimum Gasteiger partial charge on any atom is -0.340 e. The van der Waals surface area contributed by atoms with Gasteiger partial charge in [-0.15, -0.1) is 0 Å². The van der Waals surface area contributed by atoms with E-state index in [4.69, 9.17) is 0 Å². The third-order valence-corrected chi connectivity index (χ3v) is 9.47. The van der Waals surface area contributed by atoms with Crippen molar-refractivity contribution in [1.82, 2.24) is 4.31 Å². The molecule has 0 radical (unpaired) electrons. The summed E-state index contributed by atoms with van der Waals surface area (Å²) < 4.78 is 26.7. The van der Waals surface area contributed by atoms with Crippen molar-refractivity contribution >= 4 is 10.0 Å². The zero-order chi connectivity index (χ0) is 18.3. The summed E-state index contributed by atoms with van der Waals surface area (Å²) in [5.74, 6) is 4.00. The molecule has 0 saturated heterocycles. The fraction of sp³-hybridized carbons (Fsp3) is 0.714. The summed E-state index contributed by atoms with van der Waals surface area (Å²) in [6, 6.07) is 8.35. The van der Waals surface area contributed by atoms with Crippen LogP contribution in [-0.2, 0) is 16.6 Å². The van der Waals surface area contributed by atoms with Crippen LogP contribution in [0.15, 0.2) is 29.2 Å². The van der Waals surface area contributed by atoms with Crippen molar-refractivity contribution in [2.75, 3.05) is 13.1 Å². The highest BCUT2D eigenvalue weighted by molar-refractivity contribution is 7.89.